The van der Waals surface area contributed by atoms with E-state index in [1.54, 1.807) is 24.5 Å². The van der Waals surface area contributed by atoms with E-state index in [-0.39, 0.29) is 59.5 Å². The number of dihydropyridines is 1. The standard InChI is InChI=1S/C55H66N8O8/c1-32(64)69-41-27-39(70-47(28-41)37-25-46(66)52(67)49(26-37)68-21-16-35-5-2-17-57-30-35)11-6-34-7-13-45(65)48(22-34)71-40-12-10-38-9-8-36-24-44-42-15-20-58-43(42)31-63(44)53-51(36)55(38,29-40)62-54(61-53)60-18-3-4-33-14-19-59-50(56)23-33/h2,5,7,13-15,17,20,22-23,25-26,30-31,36,38-41,47,51,53,58-59,65-67H,3-4,6,8-12,16,18-19,21,24,27-29,56H2,1H3,(H2,60,61,62). The van der Waals surface area contributed by atoms with Crippen LogP contribution in [0.2, 0.25) is 0 Å². The number of nitrogens with zero attached hydrogens (tertiary/aromatic N) is 3. The van der Waals surface area contributed by atoms with E-state index in [2.05, 4.69) is 48.8 Å². The van der Waals surface area contributed by atoms with Gasteiger partial charge in [0.2, 0.25) is 5.75 Å². The number of aromatic hydroxyl groups is 3. The zero-order chi connectivity index (χ0) is 48.6. The number of guanidine groups is 1. The van der Waals surface area contributed by atoms with E-state index in [0.29, 0.717) is 73.5 Å². The van der Waals surface area contributed by atoms with Gasteiger partial charge in [-0.15, -0.1) is 0 Å². The van der Waals surface area contributed by atoms with E-state index >= 15 is 0 Å². The van der Waals surface area contributed by atoms with Crippen molar-refractivity contribution in [2.24, 2.45) is 28.5 Å². The predicted molar refractivity (Wildman–Crippen MR) is 268 cm³/mol. The van der Waals surface area contributed by atoms with Crippen molar-refractivity contribution in [1.82, 2.24) is 30.5 Å². The number of carbonyl (C=O) groups excluding carboxylic acids is 1. The summed E-state index contributed by atoms with van der Waals surface area (Å²) in [6, 6.07) is 14.8. The number of carbonyl (C=O) groups is 1. The first-order valence-corrected chi connectivity index (χ1v) is 25.6. The molecule has 9 unspecified atom stereocenters. The number of phenolic OH excluding ortho intramolecular Hbond substituents is 3. The van der Waals surface area contributed by atoms with Gasteiger partial charge in [-0.25, -0.2) is 0 Å². The summed E-state index contributed by atoms with van der Waals surface area (Å²) in [5.74, 6) is 2.47. The van der Waals surface area contributed by atoms with Crippen LogP contribution in [-0.4, -0.2) is 85.3 Å². The Hall–Kier alpha value is -6.81. The smallest absolute Gasteiger partial charge is 0.302 e. The molecule has 16 heteroatoms. The lowest BCUT2D eigenvalue weighted by Gasteiger charge is -2.63. The number of aromatic nitrogens is 3. The van der Waals surface area contributed by atoms with Gasteiger partial charge in [0.15, 0.2) is 29.0 Å². The largest absolute Gasteiger partial charge is 0.504 e. The van der Waals surface area contributed by atoms with Gasteiger partial charge in [0.25, 0.3) is 0 Å². The number of fused-ring (bicyclic) bond motifs is 4. The number of pyridine rings is 1. The highest BCUT2D eigenvalue weighted by Crippen LogP contribution is 2.57. The molecule has 0 radical (unpaired) electrons. The van der Waals surface area contributed by atoms with Crippen LogP contribution in [0.25, 0.3) is 10.9 Å². The fourth-order valence-electron chi connectivity index (χ4n) is 12.9. The molecule has 7 heterocycles. The molecule has 4 fully saturated rings. The Balaban J connectivity index is 0.792. The predicted octanol–water partition coefficient (Wildman–Crippen LogP) is 7.61. The molecule has 3 aromatic heterocycles. The van der Waals surface area contributed by atoms with E-state index in [1.807, 2.05) is 36.5 Å². The first kappa shape index (κ1) is 46.6. The van der Waals surface area contributed by atoms with Gasteiger partial charge in [-0.2, -0.15) is 0 Å². The second kappa shape index (κ2) is 19.8. The molecule has 2 saturated heterocycles. The topological polar surface area (TPSA) is 223 Å². The van der Waals surface area contributed by atoms with Crippen LogP contribution in [0, 0.1) is 17.8 Å². The van der Waals surface area contributed by atoms with Crippen LogP contribution in [-0.2, 0) is 33.5 Å². The number of H-pyrrole nitrogens is 1. The number of nitrogens with two attached hydrogens (primary N) is 1. The maximum Gasteiger partial charge on any atom is 0.302 e. The summed E-state index contributed by atoms with van der Waals surface area (Å²) in [7, 11) is 0. The Morgan fingerprint density at radius 2 is 1.90 bits per heavy atom. The maximum atomic E-state index is 12.2. The third-order valence-electron chi connectivity index (χ3n) is 16.0. The molecule has 11 rings (SSSR count). The van der Waals surface area contributed by atoms with Gasteiger partial charge >= 0.3 is 5.97 Å². The van der Waals surface area contributed by atoms with E-state index in [0.717, 1.165) is 74.1 Å². The van der Waals surface area contributed by atoms with Crippen molar-refractivity contribution in [3.05, 3.63) is 119 Å². The first-order valence-electron chi connectivity index (χ1n) is 25.6. The van der Waals surface area contributed by atoms with E-state index in [4.69, 9.17) is 29.7 Å². The number of ether oxygens (including phenoxy) is 4. The zero-order valence-electron chi connectivity index (χ0n) is 40.3. The van der Waals surface area contributed by atoms with Gasteiger partial charge in [0.1, 0.15) is 18.4 Å². The monoisotopic (exact) mass is 967 g/mol. The van der Waals surface area contributed by atoms with E-state index in [1.165, 1.54) is 36.1 Å². The number of hydrogen-bond donors (Lipinski definition) is 8. The molecular weight excluding hydrogens is 901 g/mol. The highest BCUT2D eigenvalue weighted by atomic mass is 16.6. The number of hydrogen-bond acceptors (Lipinski definition) is 12. The summed E-state index contributed by atoms with van der Waals surface area (Å²) in [5, 5.41) is 45.3. The summed E-state index contributed by atoms with van der Waals surface area (Å²) in [5.41, 5.74) is 12.2. The third kappa shape index (κ3) is 9.70. The molecule has 0 amide bonds. The second-order valence-corrected chi connectivity index (χ2v) is 20.6. The maximum absolute atomic E-state index is 12.2. The minimum atomic E-state index is -0.538. The third-order valence-corrected chi connectivity index (χ3v) is 16.0. The lowest BCUT2D eigenvalue weighted by molar-refractivity contribution is -0.160. The van der Waals surface area contributed by atoms with Gasteiger partial charge in [0.05, 0.1) is 35.7 Å². The number of benzene rings is 2. The number of esters is 1. The summed E-state index contributed by atoms with van der Waals surface area (Å²) < 4.78 is 27.8. The van der Waals surface area contributed by atoms with Gasteiger partial charge in [-0.1, -0.05) is 18.2 Å². The number of rotatable bonds is 15. The average molecular weight is 967 g/mol. The number of aliphatic imine (C=N–C) groups is 1. The van der Waals surface area contributed by atoms with Crippen molar-refractivity contribution in [1.29, 1.82) is 0 Å². The lowest BCUT2D eigenvalue weighted by atomic mass is 9.53. The van der Waals surface area contributed by atoms with Crippen LogP contribution in [0.3, 0.4) is 0 Å². The fraction of sp³-hybridized carbons (Fsp3) is 0.473. The highest BCUT2D eigenvalue weighted by Gasteiger charge is 2.61. The summed E-state index contributed by atoms with van der Waals surface area (Å²) >= 11 is 0. The molecule has 6 aliphatic rings. The zero-order valence-corrected chi connectivity index (χ0v) is 40.3. The van der Waals surface area contributed by atoms with Gasteiger partial charge in [-0.3, -0.25) is 14.8 Å². The van der Waals surface area contributed by atoms with Crippen LogP contribution in [0.4, 0.5) is 0 Å². The minimum Gasteiger partial charge on any atom is -0.504 e. The molecule has 9 N–H and O–H groups in total. The number of aromatic amines is 1. The van der Waals surface area contributed by atoms with E-state index < -0.39 is 12.2 Å². The van der Waals surface area contributed by atoms with Crippen molar-refractivity contribution in [3.8, 4) is 28.7 Å². The Kier molecular flexibility index (Phi) is 13.0. The molecule has 374 valence electrons. The molecule has 5 aromatic rings. The average Bonchev–Trinajstić information content (AvgIpc) is 3.97. The number of allylic oxidation sites excluding steroid dienone is 2. The van der Waals surface area contributed by atoms with Crippen LogP contribution < -0.4 is 31.2 Å². The summed E-state index contributed by atoms with van der Waals surface area (Å²) in [4.78, 5) is 25.1. The molecule has 16 nitrogen and oxygen atoms in total. The molecule has 2 aromatic carbocycles. The summed E-state index contributed by atoms with van der Waals surface area (Å²) in [6.07, 6.45) is 21.2. The molecule has 2 saturated carbocycles. The normalized spacial score (nSPS) is 28.2. The van der Waals surface area contributed by atoms with Crippen molar-refractivity contribution < 1.29 is 39.1 Å². The Bertz CT molecular complexity index is 2840. The minimum absolute atomic E-state index is 0.0396. The molecule has 1 spiro atoms. The van der Waals surface area contributed by atoms with Crippen LogP contribution in [0.1, 0.15) is 106 Å². The van der Waals surface area contributed by atoms with Crippen LogP contribution in [0.5, 0.6) is 28.7 Å². The molecule has 71 heavy (non-hydrogen) atoms. The summed E-state index contributed by atoms with van der Waals surface area (Å²) in [6.45, 7) is 3.09. The van der Waals surface area contributed by atoms with Crippen molar-refractivity contribution >= 4 is 22.8 Å². The van der Waals surface area contributed by atoms with Gasteiger partial charge in [0, 0.05) is 87.5 Å². The van der Waals surface area contributed by atoms with Gasteiger partial charge < -0.3 is 65.5 Å². The molecular formula is C55H66N8O8. The lowest BCUT2D eigenvalue weighted by Crippen LogP contribution is -2.75. The van der Waals surface area contributed by atoms with Crippen LogP contribution in [0.15, 0.2) is 102 Å². The fourth-order valence-corrected chi connectivity index (χ4v) is 12.9. The SMILES string of the molecule is CC(=O)OC1CC(CCc2ccc(O)c(OC3CCC4CCC5Cc6c7cc[nH]c7cn6C6NC(=NCCCC7=CCNC(N)=C7)NC4(C3)C56)c2)OC(c2cc(O)c(O)c(OCCc3cccnc3)c2)C1. The van der Waals surface area contributed by atoms with Crippen LogP contribution >= 0.6 is 0 Å². The first-order chi connectivity index (χ1) is 34.5. The van der Waals surface area contributed by atoms with Crippen molar-refractivity contribution in [2.45, 2.75) is 127 Å². The van der Waals surface area contributed by atoms with Crippen molar-refractivity contribution in [3.63, 3.8) is 0 Å². The second-order valence-electron chi connectivity index (χ2n) is 20.6. The molecule has 2 aliphatic carbocycles. The van der Waals surface area contributed by atoms with Crippen molar-refractivity contribution in [2.75, 3.05) is 19.7 Å². The molecule has 4 aliphatic heterocycles. The molecule has 9 atom stereocenters. The number of nitrogens with one attached hydrogen (secondary N) is 4. The number of phenols is 3. The Labute approximate surface area is 413 Å². The molecule has 0 bridgehead atoms. The Morgan fingerprint density at radius 3 is 2.76 bits per heavy atom. The Morgan fingerprint density at radius 1 is 1.00 bits per heavy atom. The highest BCUT2D eigenvalue weighted by molar-refractivity contribution is 5.85. The van der Waals surface area contributed by atoms with E-state index in [9.17, 15) is 20.1 Å². The van der Waals surface area contributed by atoms with Gasteiger partial charge in [-0.05, 0) is 134 Å². The number of aryl methyl sites for hydroxylation is 1. The quantitative estimate of drug-likeness (QED) is 0.0288.